The Hall–Kier alpha value is -0.710. The van der Waals surface area contributed by atoms with Gasteiger partial charge in [0.2, 0.25) is 0 Å². The normalized spacial score (nSPS) is 28.9. The number of thioether (sulfide) groups is 1. The van der Waals surface area contributed by atoms with Crippen LogP contribution in [0.15, 0.2) is 32.4 Å². The van der Waals surface area contributed by atoms with Crippen LogP contribution in [-0.4, -0.2) is 5.25 Å². The average molecular weight is 305 g/mol. The second kappa shape index (κ2) is 5.24. The van der Waals surface area contributed by atoms with E-state index in [1.807, 2.05) is 29.4 Å². The lowest BCUT2D eigenvalue weighted by atomic mass is 9.91. The van der Waals surface area contributed by atoms with E-state index in [2.05, 4.69) is 29.8 Å². The van der Waals surface area contributed by atoms with Crippen LogP contribution in [0.25, 0.3) is 0 Å². The fourth-order valence-corrected chi connectivity index (χ4v) is 5.98. The van der Waals surface area contributed by atoms with Crippen molar-refractivity contribution in [1.29, 1.82) is 0 Å². The lowest BCUT2D eigenvalue weighted by Gasteiger charge is -2.32. The zero-order valence-electron chi connectivity index (χ0n) is 11.6. The molecule has 20 heavy (non-hydrogen) atoms. The Morgan fingerprint density at radius 2 is 2.20 bits per heavy atom. The number of fused-ring (bicyclic) bond motifs is 2. The van der Waals surface area contributed by atoms with E-state index in [1.54, 1.807) is 0 Å². The molecule has 2 nitrogen and oxygen atoms in total. The summed E-state index contributed by atoms with van der Waals surface area (Å²) in [5.74, 6) is 1.19. The van der Waals surface area contributed by atoms with Crippen molar-refractivity contribution < 1.29 is 4.42 Å². The first-order valence-corrected chi connectivity index (χ1v) is 9.13. The molecule has 0 amide bonds. The third-order valence-electron chi connectivity index (χ3n) is 4.36. The van der Waals surface area contributed by atoms with Gasteiger partial charge in [0.25, 0.3) is 0 Å². The van der Waals surface area contributed by atoms with Gasteiger partial charge in [0.15, 0.2) is 0 Å². The zero-order valence-corrected chi connectivity index (χ0v) is 13.2. The minimum Gasteiger partial charge on any atom is -0.469 e. The first-order chi connectivity index (χ1) is 9.81. The predicted molar refractivity (Wildman–Crippen MR) is 84.5 cm³/mol. The van der Waals surface area contributed by atoms with Crippen LogP contribution >= 0.6 is 23.1 Å². The van der Waals surface area contributed by atoms with Crippen LogP contribution in [0.5, 0.6) is 0 Å². The summed E-state index contributed by atoms with van der Waals surface area (Å²) >= 11 is 3.92. The smallest absolute Gasteiger partial charge is 0.108 e. The molecular weight excluding hydrogens is 286 g/mol. The van der Waals surface area contributed by atoms with E-state index in [4.69, 9.17) is 4.42 Å². The first kappa shape index (κ1) is 13.0. The summed E-state index contributed by atoms with van der Waals surface area (Å²) in [6, 6.07) is 5.42. The van der Waals surface area contributed by atoms with Crippen molar-refractivity contribution in [2.24, 2.45) is 0 Å². The average Bonchev–Trinajstić information content (AvgIpc) is 3.06. The van der Waals surface area contributed by atoms with E-state index in [9.17, 15) is 0 Å². The highest BCUT2D eigenvalue weighted by Crippen LogP contribution is 2.45. The molecule has 0 saturated heterocycles. The molecule has 3 atom stereocenters. The van der Waals surface area contributed by atoms with Crippen molar-refractivity contribution in [3.8, 4) is 0 Å². The minimum atomic E-state index is 0.463. The molecule has 4 rings (SSSR count). The van der Waals surface area contributed by atoms with Gasteiger partial charge in [-0.3, -0.25) is 0 Å². The van der Waals surface area contributed by atoms with Gasteiger partial charge in [-0.05, 0) is 42.3 Å². The second-order valence-corrected chi connectivity index (χ2v) is 8.41. The Morgan fingerprint density at radius 3 is 3.15 bits per heavy atom. The molecule has 4 heteroatoms. The highest BCUT2D eigenvalue weighted by Gasteiger charge is 2.30. The Balaban J connectivity index is 1.59. The molecule has 0 bridgehead atoms. The predicted octanol–water partition coefficient (Wildman–Crippen LogP) is 4.93. The van der Waals surface area contributed by atoms with E-state index in [0.29, 0.717) is 17.3 Å². The number of nitrogens with one attached hydrogen (secondary N) is 1. The number of rotatable bonds is 2. The largest absolute Gasteiger partial charge is 0.469 e. The summed E-state index contributed by atoms with van der Waals surface area (Å²) in [6.07, 6.45) is 6.62. The molecule has 106 valence electrons. The van der Waals surface area contributed by atoms with Crippen LogP contribution < -0.4 is 5.32 Å². The van der Waals surface area contributed by atoms with Crippen molar-refractivity contribution in [2.75, 3.05) is 0 Å². The molecule has 1 N–H and O–H groups in total. The Labute approximate surface area is 128 Å². The molecule has 0 fully saturated rings. The lowest BCUT2D eigenvalue weighted by molar-refractivity contribution is 0.362. The van der Waals surface area contributed by atoms with Crippen molar-refractivity contribution in [1.82, 2.24) is 5.32 Å². The van der Waals surface area contributed by atoms with E-state index in [0.717, 1.165) is 6.42 Å². The van der Waals surface area contributed by atoms with Gasteiger partial charge in [-0.2, -0.15) is 0 Å². The molecule has 3 heterocycles. The second-order valence-electron chi connectivity index (χ2n) is 5.79. The summed E-state index contributed by atoms with van der Waals surface area (Å²) < 4.78 is 7.11. The quantitative estimate of drug-likeness (QED) is 0.851. The van der Waals surface area contributed by atoms with Crippen LogP contribution in [0, 0.1) is 0 Å². The van der Waals surface area contributed by atoms with E-state index in [-0.39, 0.29) is 0 Å². The number of aryl methyl sites for hydroxylation is 1. The molecule has 0 saturated carbocycles. The van der Waals surface area contributed by atoms with Gasteiger partial charge in [-0.15, -0.1) is 23.1 Å². The third kappa shape index (κ3) is 2.24. The van der Waals surface area contributed by atoms with Gasteiger partial charge >= 0.3 is 0 Å². The maximum absolute atomic E-state index is 5.61. The van der Waals surface area contributed by atoms with Crippen LogP contribution in [0.1, 0.15) is 55.2 Å². The Morgan fingerprint density at radius 1 is 1.25 bits per heavy atom. The van der Waals surface area contributed by atoms with Crippen molar-refractivity contribution in [2.45, 2.75) is 54.1 Å². The van der Waals surface area contributed by atoms with Crippen LogP contribution in [0.4, 0.5) is 0 Å². The molecule has 2 aliphatic rings. The summed E-state index contributed by atoms with van der Waals surface area (Å²) in [4.78, 5) is 0. The number of furan rings is 1. The molecule has 1 aliphatic carbocycles. The van der Waals surface area contributed by atoms with E-state index in [1.165, 1.54) is 40.4 Å². The van der Waals surface area contributed by atoms with E-state index >= 15 is 0 Å². The molecule has 2 aromatic heterocycles. The monoisotopic (exact) mass is 305 g/mol. The fraction of sp³-hybridized carbons (Fsp3) is 0.500. The van der Waals surface area contributed by atoms with Crippen molar-refractivity contribution in [3.05, 3.63) is 40.7 Å². The fourth-order valence-electron chi connectivity index (χ4n) is 3.41. The van der Waals surface area contributed by atoms with Gasteiger partial charge < -0.3 is 9.73 Å². The summed E-state index contributed by atoms with van der Waals surface area (Å²) in [6.45, 7) is 2.34. The Bertz CT molecular complexity index is 603. The standard InChI is InChI=1S/C16H19NOS2/c1-10-9-14(12-6-8-19-16(12)20-10)17-13-3-2-4-15-11(13)5-7-18-15/h5-8,10,13-14,17H,2-4,9H2,1H3/t10-,13?,14?/m0/s1. The number of thiophene rings is 1. The van der Waals surface area contributed by atoms with Gasteiger partial charge in [0.1, 0.15) is 5.76 Å². The van der Waals surface area contributed by atoms with Crippen molar-refractivity contribution in [3.63, 3.8) is 0 Å². The van der Waals surface area contributed by atoms with E-state index < -0.39 is 0 Å². The molecule has 0 aromatic carbocycles. The molecule has 0 spiro atoms. The maximum Gasteiger partial charge on any atom is 0.108 e. The number of hydrogen-bond donors (Lipinski definition) is 1. The summed E-state index contributed by atoms with van der Waals surface area (Å²) in [5, 5.41) is 6.84. The molecule has 2 aromatic rings. The van der Waals surface area contributed by atoms with Gasteiger partial charge in [-0.25, -0.2) is 0 Å². The summed E-state index contributed by atoms with van der Waals surface area (Å²) in [7, 11) is 0. The molecule has 2 unspecified atom stereocenters. The third-order valence-corrected chi connectivity index (χ3v) is 6.71. The van der Waals surface area contributed by atoms with Gasteiger partial charge in [0, 0.05) is 29.3 Å². The van der Waals surface area contributed by atoms with Crippen LogP contribution in [0.2, 0.25) is 0 Å². The Kier molecular flexibility index (Phi) is 3.41. The summed E-state index contributed by atoms with van der Waals surface area (Å²) in [5.41, 5.74) is 2.90. The lowest BCUT2D eigenvalue weighted by Crippen LogP contribution is -2.31. The molecular formula is C16H19NOS2. The van der Waals surface area contributed by atoms with Crippen LogP contribution in [-0.2, 0) is 6.42 Å². The topological polar surface area (TPSA) is 25.2 Å². The molecule has 0 radical (unpaired) electrons. The SMILES string of the molecule is C[C@H]1CC(NC2CCCc3occc32)c2ccsc2S1. The first-order valence-electron chi connectivity index (χ1n) is 7.37. The van der Waals surface area contributed by atoms with Gasteiger partial charge in [-0.1, -0.05) is 6.92 Å². The minimum absolute atomic E-state index is 0.463. The van der Waals surface area contributed by atoms with Crippen molar-refractivity contribution >= 4 is 23.1 Å². The maximum atomic E-state index is 5.61. The van der Waals surface area contributed by atoms with Crippen LogP contribution in [0.3, 0.4) is 0 Å². The highest BCUT2D eigenvalue weighted by molar-refractivity contribution is 8.01. The zero-order chi connectivity index (χ0) is 13.5. The highest BCUT2D eigenvalue weighted by atomic mass is 32.2. The number of hydrogen-bond acceptors (Lipinski definition) is 4. The van der Waals surface area contributed by atoms with Gasteiger partial charge in [0.05, 0.1) is 10.5 Å². The molecule has 1 aliphatic heterocycles.